The van der Waals surface area contributed by atoms with Crippen molar-refractivity contribution in [1.82, 2.24) is 20.9 Å². The minimum absolute atomic E-state index is 0.0964. The number of nitrogens with one attached hydrogen (secondary N) is 3. The van der Waals surface area contributed by atoms with E-state index in [1.165, 1.54) is 30.0 Å². The number of hydrogen-bond acceptors (Lipinski definition) is 7. The average Bonchev–Trinajstić information content (AvgIpc) is 2.63. The third-order valence-electron chi connectivity index (χ3n) is 4.78. The Kier molecular flexibility index (Phi) is 7.80. The highest BCUT2D eigenvalue weighted by atomic mass is 16.3. The van der Waals surface area contributed by atoms with Crippen molar-refractivity contribution in [2.24, 2.45) is 0 Å². The predicted molar refractivity (Wildman–Crippen MR) is 104 cm³/mol. The van der Waals surface area contributed by atoms with Crippen molar-refractivity contribution in [3.05, 3.63) is 23.8 Å². The normalized spacial score (nSPS) is 17.8. The zero-order chi connectivity index (χ0) is 21.6. The van der Waals surface area contributed by atoms with Crippen LogP contribution < -0.4 is 16.0 Å². The van der Waals surface area contributed by atoms with Crippen LogP contribution in [0.4, 0.5) is 0 Å². The molecule has 0 saturated carbocycles. The predicted octanol–water partition coefficient (Wildman–Crippen LogP) is -1.56. The van der Waals surface area contributed by atoms with Gasteiger partial charge in [-0.05, 0) is 38.1 Å². The number of phenolic OH excluding ortho intramolecular Hbond substituents is 2. The molecule has 0 bridgehead atoms. The molecule has 6 N–H and O–H groups in total. The summed E-state index contributed by atoms with van der Waals surface area (Å²) in [5.41, 5.74) is 0.447. The number of phenols is 2. The van der Waals surface area contributed by atoms with E-state index in [0.717, 1.165) is 0 Å². The maximum atomic E-state index is 12.5. The number of benzene rings is 1. The molecule has 1 aromatic rings. The SMILES string of the molecule is CNCCNC(=O)C1CCN1C(=O)C(C)NC(=O)C(O)Cc1ccc(O)c(O)c1. The molecule has 3 amide bonds. The maximum absolute atomic E-state index is 12.5. The summed E-state index contributed by atoms with van der Waals surface area (Å²) in [5, 5.41) is 37.0. The number of nitrogens with zero attached hydrogens (tertiary/aromatic N) is 1. The molecule has 3 atom stereocenters. The number of carbonyl (C=O) groups excluding carboxylic acids is 3. The fraction of sp³-hybridized carbons (Fsp3) is 0.526. The van der Waals surface area contributed by atoms with E-state index in [-0.39, 0.29) is 23.8 Å². The molecule has 1 aromatic carbocycles. The molecular weight excluding hydrogens is 380 g/mol. The van der Waals surface area contributed by atoms with E-state index in [1.807, 2.05) is 0 Å². The van der Waals surface area contributed by atoms with Crippen LogP contribution in [0.25, 0.3) is 0 Å². The van der Waals surface area contributed by atoms with E-state index < -0.39 is 30.0 Å². The zero-order valence-corrected chi connectivity index (χ0v) is 16.5. The van der Waals surface area contributed by atoms with Crippen molar-refractivity contribution in [2.75, 3.05) is 26.7 Å². The van der Waals surface area contributed by atoms with Crippen LogP contribution in [0, 0.1) is 0 Å². The highest BCUT2D eigenvalue weighted by Gasteiger charge is 2.39. The van der Waals surface area contributed by atoms with Gasteiger partial charge in [0.05, 0.1) is 0 Å². The van der Waals surface area contributed by atoms with Gasteiger partial charge in [-0.1, -0.05) is 6.07 Å². The van der Waals surface area contributed by atoms with Gasteiger partial charge in [-0.15, -0.1) is 0 Å². The molecule has 1 saturated heterocycles. The first-order valence-electron chi connectivity index (χ1n) is 9.46. The number of carbonyl (C=O) groups is 3. The molecule has 3 unspecified atom stereocenters. The molecule has 1 aliphatic heterocycles. The first kappa shape index (κ1) is 22.4. The number of aliphatic hydroxyl groups excluding tert-OH is 1. The van der Waals surface area contributed by atoms with Gasteiger partial charge in [-0.25, -0.2) is 0 Å². The van der Waals surface area contributed by atoms with Crippen LogP contribution in [0.3, 0.4) is 0 Å². The van der Waals surface area contributed by atoms with E-state index in [0.29, 0.717) is 31.6 Å². The standard InChI is InChI=1S/C19H28N4O6/c1-11(19(29)23-8-5-13(23)17(27)21-7-6-20-2)22-18(28)16(26)10-12-3-4-14(24)15(25)9-12/h3-4,9,11,13,16,20,24-26H,5-8,10H2,1-2H3,(H,21,27)(H,22,28). The number of amides is 3. The van der Waals surface area contributed by atoms with E-state index in [4.69, 9.17) is 0 Å². The van der Waals surface area contributed by atoms with E-state index >= 15 is 0 Å². The Bertz CT molecular complexity index is 756. The number of rotatable bonds is 9. The number of likely N-dealkylation sites (N-methyl/N-ethyl adjacent to an activating group) is 1. The van der Waals surface area contributed by atoms with Gasteiger partial charge in [-0.3, -0.25) is 14.4 Å². The number of hydrogen-bond donors (Lipinski definition) is 6. The Labute approximate surface area is 168 Å². The second-order valence-electron chi connectivity index (χ2n) is 7.00. The lowest BCUT2D eigenvalue weighted by Crippen LogP contribution is -2.62. The van der Waals surface area contributed by atoms with Crippen molar-refractivity contribution < 1.29 is 29.7 Å². The molecule has 160 valence electrons. The minimum atomic E-state index is -1.44. The topological polar surface area (TPSA) is 151 Å². The van der Waals surface area contributed by atoms with Crippen LogP contribution in [0.2, 0.25) is 0 Å². The molecule has 2 rings (SSSR count). The third-order valence-corrected chi connectivity index (χ3v) is 4.78. The van der Waals surface area contributed by atoms with E-state index in [2.05, 4.69) is 16.0 Å². The van der Waals surface area contributed by atoms with Crippen molar-refractivity contribution in [3.8, 4) is 11.5 Å². The average molecular weight is 408 g/mol. The highest BCUT2D eigenvalue weighted by molar-refractivity contribution is 5.93. The lowest BCUT2D eigenvalue weighted by molar-refractivity contribution is -0.150. The van der Waals surface area contributed by atoms with E-state index in [9.17, 15) is 29.7 Å². The molecule has 0 spiro atoms. The molecule has 29 heavy (non-hydrogen) atoms. The lowest BCUT2D eigenvalue weighted by Gasteiger charge is -2.41. The summed E-state index contributed by atoms with van der Waals surface area (Å²) < 4.78 is 0. The quantitative estimate of drug-likeness (QED) is 0.214. The van der Waals surface area contributed by atoms with Gasteiger partial charge in [-0.2, -0.15) is 0 Å². The first-order chi connectivity index (χ1) is 13.7. The van der Waals surface area contributed by atoms with Crippen LogP contribution in [0.1, 0.15) is 18.9 Å². The molecule has 0 aliphatic carbocycles. The Morgan fingerprint density at radius 3 is 2.52 bits per heavy atom. The van der Waals surface area contributed by atoms with Gasteiger partial charge in [0.25, 0.3) is 0 Å². The molecule has 1 heterocycles. The van der Waals surface area contributed by atoms with Gasteiger partial charge in [0.15, 0.2) is 11.5 Å². The van der Waals surface area contributed by atoms with E-state index in [1.54, 1.807) is 7.05 Å². The summed E-state index contributed by atoms with van der Waals surface area (Å²) in [5.74, 6) is -2.02. The summed E-state index contributed by atoms with van der Waals surface area (Å²) in [4.78, 5) is 38.3. The number of aromatic hydroxyl groups is 2. The molecule has 1 fully saturated rings. The van der Waals surface area contributed by atoms with Crippen molar-refractivity contribution >= 4 is 17.7 Å². The summed E-state index contributed by atoms with van der Waals surface area (Å²) >= 11 is 0. The molecule has 0 radical (unpaired) electrons. The smallest absolute Gasteiger partial charge is 0.249 e. The summed E-state index contributed by atoms with van der Waals surface area (Å²) in [6.07, 6.45) is -0.975. The third kappa shape index (κ3) is 5.81. The highest BCUT2D eigenvalue weighted by Crippen LogP contribution is 2.25. The lowest BCUT2D eigenvalue weighted by atomic mass is 10.0. The van der Waals surface area contributed by atoms with Crippen LogP contribution in [0.15, 0.2) is 18.2 Å². The number of likely N-dealkylation sites (tertiary alicyclic amines) is 1. The molecule has 1 aliphatic rings. The molecular formula is C19H28N4O6. The summed E-state index contributed by atoms with van der Waals surface area (Å²) in [6.45, 7) is 3.00. The summed E-state index contributed by atoms with van der Waals surface area (Å²) in [7, 11) is 1.77. The molecule has 0 aromatic heterocycles. The number of aliphatic hydroxyl groups is 1. The van der Waals surface area contributed by atoms with Crippen LogP contribution in [-0.2, 0) is 20.8 Å². The Hall–Kier alpha value is -2.85. The zero-order valence-electron chi connectivity index (χ0n) is 16.5. The first-order valence-corrected chi connectivity index (χ1v) is 9.46. The fourth-order valence-electron chi connectivity index (χ4n) is 2.98. The second kappa shape index (κ2) is 10.1. The largest absolute Gasteiger partial charge is 0.504 e. The summed E-state index contributed by atoms with van der Waals surface area (Å²) in [6, 6.07) is 2.52. The van der Waals surface area contributed by atoms with Crippen molar-refractivity contribution in [1.29, 1.82) is 0 Å². The van der Waals surface area contributed by atoms with Gasteiger partial charge in [0.1, 0.15) is 18.2 Å². The van der Waals surface area contributed by atoms with Crippen LogP contribution in [-0.4, -0.2) is 82.8 Å². The van der Waals surface area contributed by atoms with Crippen LogP contribution in [0.5, 0.6) is 11.5 Å². The van der Waals surface area contributed by atoms with Gasteiger partial charge < -0.3 is 36.2 Å². The monoisotopic (exact) mass is 408 g/mol. The molecule has 10 heteroatoms. The fourth-order valence-corrected chi connectivity index (χ4v) is 2.98. The van der Waals surface area contributed by atoms with Crippen molar-refractivity contribution in [2.45, 2.75) is 38.0 Å². The Balaban J connectivity index is 1.85. The molecule has 10 nitrogen and oxygen atoms in total. The Morgan fingerprint density at radius 2 is 1.93 bits per heavy atom. The Morgan fingerprint density at radius 1 is 1.21 bits per heavy atom. The van der Waals surface area contributed by atoms with Gasteiger partial charge in [0.2, 0.25) is 17.7 Å². The maximum Gasteiger partial charge on any atom is 0.249 e. The van der Waals surface area contributed by atoms with Gasteiger partial charge in [0, 0.05) is 26.1 Å². The second-order valence-corrected chi connectivity index (χ2v) is 7.00. The van der Waals surface area contributed by atoms with Gasteiger partial charge >= 0.3 is 0 Å². The minimum Gasteiger partial charge on any atom is -0.504 e. The van der Waals surface area contributed by atoms with Crippen molar-refractivity contribution in [3.63, 3.8) is 0 Å². The van der Waals surface area contributed by atoms with Crippen LogP contribution >= 0.6 is 0 Å².